The van der Waals surface area contributed by atoms with Gasteiger partial charge in [-0.2, -0.15) is 0 Å². The minimum Gasteiger partial charge on any atom is -0.497 e. The summed E-state index contributed by atoms with van der Waals surface area (Å²) in [5.74, 6) is 1.56. The van der Waals surface area contributed by atoms with Crippen LogP contribution in [0.2, 0.25) is 5.02 Å². The van der Waals surface area contributed by atoms with Gasteiger partial charge < -0.3 is 24.4 Å². The van der Waals surface area contributed by atoms with Crippen LogP contribution in [0.25, 0.3) is 0 Å². The predicted octanol–water partition coefficient (Wildman–Crippen LogP) is 5.46. The van der Waals surface area contributed by atoms with Crippen molar-refractivity contribution in [2.24, 2.45) is 0 Å². The van der Waals surface area contributed by atoms with Crippen LogP contribution in [0.15, 0.2) is 72.8 Å². The number of hydrogen-bond acceptors (Lipinski definition) is 5. The van der Waals surface area contributed by atoms with Crippen molar-refractivity contribution in [3.63, 3.8) is 0 Å². The van der Waals surface area contributed by atoms with E-state index < -0.39 is 0 Å². The molecule has 3 aromatic rings. The molecule has 0 aliphatic carbocycles. The van der Waals surface area contributed by atoms with Crippen LogP contribution in [0.3, 0.4) is 0 Å². The number of ether oxygens (including phenoxy) is 3. The molecule has 1 aliphatic rings. The van der Waals surface area contributed by atoms with E-state index in [0.717, 1.165) is 47.9 Å². The molecular formula is C28H32ClN3O4. The first kappa shape index (κ1) is 25.8. The minimum absolute atomic E-state index is 0.0941. The normalized spacial score (nSPS) is 14.8. The highest BCUT2D eigenvalue weighted by Gasteiger charge is 2.24. The van der Waals surface area contributed by atoms with Crippen molar-refractivity contribution in [1.82, 2.24) is 9.80 Å². The molecule has 0 unspecified atom stereocenters. The number of carbonyl (C=O) groups is 1. The first-order valence-corrected chi connectivity index (χ1v) is 12.3. The summed E-state index contributed by atoms with van der Waals surface area (Å²) in [6.07, 6.45) is -0.131. The summed E-state index contributed by atoms with van der Waals surface area (Å²) in [6, 6.07) is 22.9. The first-order chi connectivity index (χ1) is 17.5. The van der Waals surface area contributed by atoms with Gasteiger partial charge in [0.05, 0.1) is 26.9 Å². The number of nitrogens with zero attached hydrogens (tertiary/aromatic N) is 2. The number of urea groups is 1. The van der Waals surface area contributed by atoms with Crippen LogP contribution >= 0.6 is 11.6 Å². The van der Waals surface area contributed by atoms with Crippen LogP contribution in [0, 0.1) is 0 Å². The molecule has 0 aromatic heterocycles. The van der Waals surface area contributed by atoms with Gasteiger partial charge in [0.15, 0.2) is 0 Å². The highest BCUT2D eigenvalue weighted by atomic mass is 35.5. The Balaban J connectivity index is 1.34. The van der Waals surface area contributed by atoms with E-state index in [1.54, 1.807) is 14.2 Å². The summed E-state index contributed by atoms with van der Waals surface area (Å²) in [5, 5.41) is 3.66. The Labute approximate surface area is 217 Å². The molecule has 2 amide bonds. The highest BCUT2D eigenvalue weighted by Crippen LogP contribution is 2.24. The number of rotatable bonds is 9. The maximum Gasteiger partial charge on any atom is 0.321 e. The monoisotopic (exact) mass is 509 g/mol. The smallest absolute Gasteiger partial charge is 0.321 e. The largest absolute Gasteiger partial charge is 0.497 e. The lowest BCUT2D eigenvalue weighted by Gasteiger charge is -2.36. The van der Waals surface area contributed by atoms with E-state index in [9.17, 15) is 4.79 Å². The maximum atomic E-state index is 12.7. The van der Waals surface area contributed by atoms with Crippen LogP contribution in [-0.4, -0.2) is 62.8 Å². The van der Waals surface area contributed by atoms with E-state index in [0.29, 0.717) is 24.7 Å². The van der Waals surface area contributed by atoms with E-state index in [-0.39, 0.29) is 12.1 Å². The van der Waals surface area contributed by atoms with E-state index >= 15 is 0 Å². The lowest BCUT2D eigenvalue weighted by molar-refractivity contribution is 0.00588. The molecule has 8 heteroatoms. The van der Waals surface area contributed by atoms with Crippen molar-refractivity contribution < 1.29 is 19.0 Å². The zero-order chi connectivity index (χ0) is 25.3. The molecule has 1 fully saturated rings. The summed E-state index contributed by atoms with van der Waals surface area (Å²) in [4.78, 5) is 16.9. The van der Waals surface area contributed by atoms with E-state index in [4.69, 9.17) is 25.8 Å². The van der Waals surface area contributed by atoms with Crippen molar-refractivity contribution in [3.05, 3.63) is 88.9 Å². The van der Waals surface area contributed by atoms with Crippen molar-refractivity contribution in [2.45, 2.75) is 12.7 Å². The van der Waals surface area contributed by atoms with E-state index in [1.807, 2.05) is 77.7 Å². The molecule has 1 N–H and O–H groups in total. The number of halogens is 1. The molecular weight excluding hydrogens is 478 g/mol. The van der Waals surface area contributed by atoms with Crippen molar-refractivity contribution >= 4 is 23.3 Å². The molecule has 0 spiro atoms. The Kier molecular flexibility index (Phi) is 9.06. The number of carbonyl (C=O) groups excluding carboxylic acids is 1. The molecule has 1 heterocycles. The lowest BCUT2D eigenvalue weighted by atomic mass is 10.1. The zero-order valence-corrected chi connectivity index (χ0v) is 21.4. The standard InChI is InChI=1S/C28H32ClN3O4/c1-34-25-12-10-24(11-13-25)30-28(33)32-16-14-31(15-17-32)19-27(22-6-8-23(29)9-7-22)36-20-21-4-3-5-26(18-21)35-2/h3-13,18,27H,14-17,19-20H2,1-2H3,(H,30,33)/t27-/m1/s1. The number of amides is 2. The van der Waals surface area contributed by atoms with Gasteiger partial charge in [-0.25, -0.2) is 4.79 Å². The van der Waals surface area contributed by atoms with Gasteiger partial charge in [0.2, 0.25) is 0 Å². The van der Waals surface area contributed by atoms with Crippen LogP contribution in [0.1, 0.15) is 17.2 Å². The van der Waals surface area contributed by atoms with E-state index in [1.165, 1.54) is 0 Å². The van der Waals surface area contributed by atoms with E-state index in [2.05, 4.69) is 10.2 Å². The van der Waals surface area contributed by atoms with Crippen LogP contribution < -0.4 is 14.8 Å². The average molecular weight is 510 g/mol. The Morgan fingerprint density at radius 2 is 1.61 bits per heavy atom. The van der Waals surface area contributed by atoms with Crippen molar-refractivity contribution in [2.75, 3.05) is 52.3 Å². The molecule has 1 atom stereocenters. The lowest BCUT2D eigenvalue weighted by Crippen LogP contribution is -2.50. The van der Waals surface area contributed by atoms with Gasteiger partial charge >= 0.3 is 6.03 Å². The molecule has 36 heavy (non-hydrogen) atoms. The Morgan fingerprint density at radius 1 is 0.917 bits per heavy atom. The number of methoxy groups -OCH3 is 2. The fourth-order valence-corrected chi connectivity index (χ4v) is 4.26. The molecule has 1 saturated heterocycles. The molecule has 0 radical (unpaired) electrons. The molecule has 0 bridgehead atoms. The third kappa shape index (κ3) is 7.13. The topological polar surface area (TPSA) is 63.3 Å². The Bertz CT molecular complexity index is 1120. The van der Waals surface area contributed by atoms with Crippen LogP contribution in [0.5, 0.6) is 11.5 Å². The SMILES string of the molecule is COc1ccc(NC(=O)N2CCN(C[C@@H](OCc3cccc(OC)c3)c3ccc(Cl)cc3)CC2)cc1. The number of hydrogen-bond donors (Lipinski definition) is 1. The van der Waals surface area contributed by atoms with Crippen molar-refractivity contribution in [3.8, 4) is 11.5 Å². The first-order valence-electron chi connectivity index (χ1n) is 12.0. The zero-order valence-electron chi connectivity index (χ0n) is 20.7. The summed E-state index contributed by atoms with van der Waals surface area (Å²) in [7, 11) is 3.28. The third-order valence-electron chi connectivity index (χ3n) is 6.25. The second-order valence-corrected chi connectivity index (χ2v) is 9.09. The van der Waals surface area contributed by atoms with Gasteiger partial charge in [0.25, 0.3) is 0 Å². The summed E-state index contributed by atoms with van der Waals surface area (Å²) in [6.45, 7) is 4.01. The molecule has 0 saturated carbocycles. The Morgan fingerprint density at radius 3 is 2.28 bits per heavy atom. The van der Waals surface area contributed by atoms with Gasteiger partial charge in [-0.3, -0.25) is 4.90 Å². The molecule has 4 rings (SSSR count). The summed E-state index contributed by atoms with van der Waals surface area (Å²) >= 11 is 6.12. The van der Waals surface area contributed by atoms with Gasteiger partial charge in [-0.05, 0) is 59.7 Å². The predicted molar refractivity (Wildman–Crippen MR) is 142 cm³/mol. The third-order valence-corrected chi connectivity index (χ3v) is 6.50. The molecule has 3 aromatic carbocycles. The van der Waals surface area contributed by atoms with Crippen molar-refractivity contribution in [1.29, 1.82) is 0 Å². The quantitative estimate of drug-likeness (QED) is 0.414. The molecule has 190 valence electrons. The summed E-state index contributed by atoms with van der Waals surface area (Å²) < 4.78 is 16.9. The van der Waals surface area contributed by atoms with Gasteiger partial charge in [-0.1, -0.05) is 35.9 Å². The number of benzene rings is 3. The fourth-order valence-electron chi connectivity index (χ4n) is 4.14. The highest BCUT2D eigenvalue weighted by molar-refractivity contribution is 6.30. The minimum atomic E-state index is -0.131. The van der Waals surface area contributed by atoms with Crippen LogP contribution in [0.4, 0.5) is 10.5 Å². The Hall–Kier alpha value is -3.26. The van der Waals surface area contributed by atoms with Gasteiger partial charge in [0.1, 0.15) is 11.5 Å². The van der Waals surface area contributed by atoms with Gasteiger partial charge in [0, 0.05) is 43.4 Å². The summed E-state index contributed by atoms with van der Waals surface area (Å²) in [5.41, 5.74) is 2.87. The average Bonchev–Trinajstić information content (AvgIpc) is 2.92. The maximum absolute atomic E-state index is 12.7. The number of piperazine rings is 1. The second kappa shape index (κ2) is 12.6. The van der Waals surface area contributed by atoms with Gasteiger partial charge in [-0.15, -0.1) is 0 Å². The molecule has 1 aliphatic heterocycles. The second-order valence-electron chi connectivity index (χ2n) is 8.65. The number of anilines is 1. The molecule has 7 nitrogen and oxygen atoms in total. The number of nitrogens with one attached hydrogen (secondary N) is 1. The fraction of sp³-hybridized carbons (Fsp3) is 0.321. The van der Waals surface area contributed by atoms with Crippen LogP contribution in [-0.2, 0) is 11.3 Å².